The number of nitrogens with zero attached hydrogens (tertiary/aromatic N) is 2. The molecule has 2 N–H and O–H groups in total. The van der Waals surface area contributed by atoms with Crippen molar-refractivity contribution >= 4 is 23.4 Å². The Labute approximate surface area is 208 Å². The second kappa shape index (κ2) is 10.6. The molecule has 2 aliphatic rings. The van der Waals surface area contributed by atoms with Crippen molar-refractivity contribution in [3.05, 3.63) is 71.9 Å². The number of carboxylic acids is 1. The van der Waals surface area contributed by atoms with Crippen molar-refractivity contribution in [2.75, 3.05) is 43.1 Å². The lowest BCUT2D eigenvalue weighted by atomic mass is 9.98. The number of carbonyl (C=O) groups excluding carboxylic acids is 1. The van der Waals surface area contributed by atoms with E-state index in [1.807, 2.05) is 12.1 Å². The number of fused-ring (bicyclic) bond motifs is 1. The molecular weight excluding hydrogens is 462 g/mol. The Balaban J connectivity index is 1.11. The Bertz CT molecular complexity index is 1240. The zero-order valence-electron chi connectivity index (χ0n) is 19.7. The molecule has 0 aliphatic carbocycles. The number of anilines is 2. The highest BCUT2D eigenvalue weighted by molar-refractivity contribution is 6.04. The lowest BCUT2D eigenvalue weighted by Crippen LogP contribution is -2.36. The van der Waals surface area contributed by atoms with Crippen LogP contribution in [0.2, 0.25) is 0 Å². The number of nitrogens with one attached hydrogen (secondary N) is 1. The molecular formula is C27H27N3O6. The molecule has 0 saturated carbocycles. The van der Waals surface area contributed by atoms with Crippen molar-refractivity contribution in [2.45, 2.75) is 12.8 Å². The van der Waals surface area contributed by atoms with Gasteiger partial charge in [0.05, 0.1) is 24.1 Å². The number of piperidine rings is 1. The maximum Gasteiger partial charge on any atom is 0.335 e. The van der Waals surface area contributed by atoms with Gasteiger partial charge in [-0.25, -0.2) is 9.78 Å². The number of rotatable bonds is 7. The average Bonchev–Trinajstić information content (AvgIpc) is 2.92. The molecule has 2 aliphatic heterocycles. The Morgan fingerprint density at radius 3 is 2.56 bits per heavy atom. The summed E-state index contributed by atoms with van der Waals surface area (Å²) in [4.78, 5) is 30.5. The first-order valence-electron chi connectivity index (χ1n) is 11.9. The Morgan fingerprint density at radius 2 is 1.81 bits per heavy atom. The lowest BCUT2D eigenvalue weighted by Gasteiger charge is -2.32. The largest absolute Gasteiger partial charge is 0.493 e. The highest BCUT2D eigenvalue weighted by atomic mass is 16.6. The molecule has 2 aromatic carbocycles. The van der Waals surface area contributed by atoms with E-state index in [-0.39, 0.29) is 11.5 Å². The number of ether oxygens (including phenoxy) is 3. The molecule has 0 bridgehead atoms. The third-order valence-electron chi connectivity index (χ3n) is 6.32. The number of carboxylic acid groups (broad SMARTS) is 1. The summed E-state index contributed by atoms with van der Waals surface area (Å²) in [6.07, 6.45) is 3.56. The van der Waals surface area contributed by atoms with Crippen LogP contribution in [-0.4, -0.2) is 54.9 Å². The quantitative estimate of drug-likeness (QED) is 0.511. The van der Waals surface area contributed by atoms with E-state index in [9.17, 15) is 9.59 Å². The number of carbonyl (C=O) groups is 2. The summed E-state index contributed by atoms with van der Waals surface area (Å²) in [5.41, 5.74) is 1.33. The van der Waals surface area contributed by atoms with Crippen molar-refractivity contribution in [2.24, 2.45) is 5.92 Å². The van der Waals surface area contributed by atoms with E-state index in [4.69, 9.17) is 19.3 Å². The van der Waals surface area contributed by atoms with E-state index in [1.54, 1.807) is 48.7 Å². The maximum absolute atomic E-state index is 12.7. The van der Waals surface area contributed by atoms with E-state index in [2.05, 4.69) is 15.2 Å². The Kier molecular flexibility index (Phi) is 6.88. The van der Waals surface area contributed by atoms with Crippen LogP contribution in [0.15, 0.2) is 60.8 Å². The first kappa shape index (κ1) is 23.5. The summed E-state index contributed by atoms with van der Waals surface area (Å²) in [5, 5.41) is 12.0. The fraction of sp³-hybridized carbons (Fsp3) is 0.296. The van der Waals surface area contributed by atoms with Crippen LogP contribution in [0, 0.1) is 5.92 Å². The van der Waals surface area contributed by atoms with Gasteiger partial charge in [0.25, 0.3) is 5.91 Å². The number of pyridine rings is 1. The van der Waals surface area contributed by atoms with Gasteiger partial charge in [0.15, 0.2) is 11.5 Å². The summed E-state index contributed by atoms with van der Waals surface area (Å²) in [6, 6.07) is 15.5. The van der Waals surface area contributed by atoms with Crippen molar-refractivity contribution in [3.63, 3.8) is 0 Å². The summed E-state index contributed by atoms with van der Waals surface area (Å²) in [6.45, 7) is 3.22. The standard InChI is InChI=1S/C27H27N3O6/c31-26(19-4-6-23-24(15-19)35-13-12-34-23)29-21-5-7-25(28-16-21)30-10-8-18(9-11-30)17-36-22-3-1-2-20(14-22)27(32)33/h1-7,14-16,18H,8-13,17H2,(H,29,31)(H,32,33). The van der Waals surface area contributed by atoms with Crippen LogP contribution in [-0.2, 0) is 0 Å². The maximum atomic E-state index is 12.7. The highest BCUT2D eigenvalue weighted by Gasteiger charge is 2.21. The molecule has 5 rings (SSSR count). The molecule has 0 radical (unpaired) electrons. The summed E-state index contributed by atoms with van der Waals surface area (Å²) >= 11 is 0. The third kappa shape index (κ3) is 5.51. The van der Waals surface area contributed by atoms with Gasteiger partial charge in [-0.3, -0.25) is 4.79 Å². The average molecular weight is 490 g/mol. The van der Waals surface area contributed by atoms with Gasteiger partial charge in [-0.2, -0.15) is 0 Å². The molecule has 1 amide bonds. The summed E-state index contributed by atoms with van der Waals surface area (Å²) in [5.74, 6) is 1.84. The first-order valence-corrected chi connectivity index (χ1v) is 11.9. The summed E-state index contributed by atoms with van der Waals surface area (Å²) in [7, 11) is 0. The van der Waals surface area contributed by atoms with Crippen LogP contribution in [0.5, 0.6) is 17.2 Å². The van der Waals surface area contributed by atoms with Gasteiger partial charge in [-0.05, 0) is 67.3 Å². The molecule has 0 atom stereocenters. The molecule has 1 aromatic heterocycles. The molecule has 3 heterocycles. The minimum Gasteiger partial charge on any atom is -0.493 e. The molecule has 9 heteroatoms. The topological polar surface area (TPSA) is 110 Å². The second-order valence-corrected chi connectivity index (χ2v) is 8.79. The van der Waals surface area contributed by atoms with Crippen molar-refractivity contribution < 1.29 is 28.9 Å². The van der Waals surface area contributed by atoms with Crippen LogP contribution in [0.1, 0.15) is 33.6 Å². The van der Waals surface area contributed by atoms with Gasteiger partial charge in [0, 0.05) is 18.7 Å². The van der Waals surface area contributed by atoms with Crippen molar-refractivity contribution in [1.82, 2.24) is 4.98 Å². The van der Waals surface area contributed by atoms with E-state index < -0.39 is 5.97 Å². The third-order valence-corrected chi connectivity index (χ3v) is 6.32. The SMILES string of the molecule is O=C(O)c1cccc(OCC2CCN(c3ccc(NC(=O)c4ccc5c(c4)OCCO5)cn3)CC2)c1. The van der Waals surface area contributed by atoms with E-state index >= 15 is 0 Å². The van der Waals surface area contributed by atoms with Crippen LogP contribution < -0.4 is 24.4 Å². The van der Waals surface area contributed by atoms with Gasteiger partial charge in [0.1, 0.15) is 24.8 Å². The Morgan fingerprint density at radius 1 is 1.00 bits per heavy atom. The zero-order chi connectivity index (χ0) is 24.9. The van der Waals surface area contributed by atoms with E-state index in [1.165, 1.54) is 0 Å². The number of aromatic nitrogens is 1. The van der Waals surface area contributed by atoms with Crippen molar-refractivity contribution in [3.8, 4) is 17.2 Å². The lowest BCUT2D eigenvalue weighted by molar-refractivity contribution is 0.0696. The molecule has 36 heavy (non-hydrogen) atoms. The smallest absolute Gasteiger partial charge is 0.335 e. The second-order valence-electron chi connectivity index (χ2n) is 8.79. The molecule has 186 valence electrons. The first-order chi connectivity index (χ1) is 17.5. The van der Waals surface area contributed by atoms with Gasteiger partial charge in [-0.1, -0.05) is 6.07 Å². The minimum atomic E-state index is -0.963. The highest BCUT2D eigenvalue weighted by Crippen LogP contribution is 2.31. The molecule has 3 aromatic rings. The zero-order valence-corrected chi connectivity index (χ0v) is 19.7. The predicted molar refractivity (Wildman–Crippen MR) is 133 cm³/mol. The number of benzene rings is 2. The van der Waals surface area contributed by atoms with E-state index in [0.717, 1.165) is 31.7 Å². The molecule has 1 saturated heterocycles. The monoisotopic (exact) mass is 489 g/mol. The number of amides is 1. The number of aromatic carboxylic acids is 1. The van der Waals surface area contributed by atoms with Crippen LogP contribution in [0.3, 0.4) is 0 Å². The van der Waals surface area contributed by atoms with Gasteiger partial charge in [-0.15, -0.1) is 0 Å². The molecule has 9 nitrogen and oxygen atoms in total. The fourth-order valence-electron chi connectivity index (χ4n) is 4.30. The van der Waals surface area contributed by atoms with Crippen LogP contribution in [0.25, 0.3) is 0 Å². The normalized spacial score (nSPS) is 15.3. The molecule has 0 unspecified atom stereocenters. The van der Waals surface area contributed by atoms with Gasteiger partial charge in [0.2, 0.25) is 0 Å². The van der Waals surface area contributed by atoms with E-state index in [0.29, 0.717) is 54.2 Å². The predicted octanol–water partition coefficient (Wildman–Crippen LogP) is 4.10. The summed E-state index contributed by atoms with van der Waals surface area (Å²) < 4.78 is 16.9. The number of hydrogen-bond donors (Lipinski definition) is 2. The molecule has 0 spiro atoms. The molecule has 1 fully saturated rings. The number of hydrogen-bond acceptors (Lipinski definition) is 7. The van der Waals surface area contributed by atoms with Crippen LogP contribution >= 0.6 is 0 Å². The van der Waals surface area contributed by atoms with Crippen LogP contribution in [0.4, 0.5) is 11.5 Å². The Hall–Kier alpha value is -4.27. The van der Waals surface area contributed by atoms with Gasteiger partial charge >= 0.3 is 5.97 Å². The van der Waals surface area contributed by atoms with Crippen molar-refractivity contribution in [1.29, 1.82) is 0 Å². The minimum absolute atomic E-state index is 0.222. The van der Waals surface area contributed by atoms with Gasteiger partial charge < -0.3 is 29.5 Å². The fourth-order valence-corrected chi connectivity index (χ4v) is 4.30.